The van der Waals surface area contributed by atoms with E-state index in [-0.39, 0.29) is 5.78 Å². The zero-order valence-electron chi connectivity index (χ0n) is 11.9. The van der Waals surface area contributed by atoms with Crippen molar-refractivity contribution in [3.63, 3.8) is 0 Å². The summed E-state index contributed by atoms with van der Waals surface area (Å²) in [4.78, 5) is 17.5. The fourth-order valence-corrected chi connectivity index (χ4v) is 3.07. The molecule has 3 heteroatoms. The Labute approximate surface area is 122 Å². The van der Waals surface area contributed by atoms with Crippen LogP contribution in [0.4, 0.5) is 5.69 Å². The van der Waals surface area contributed by atoms with Gasteiger partial charge < -0.3 is 5.32 Å². The number of aryl methyl sites for hydroxylation is 1. The Morgan fingerprint density at radius 2 is 1.81 bits per heavy atom. The van der Waals surface area contributed by atoms with Gasteiger partial charge >= 0.3 is 0 Å². The molecule has 1 aliphatic rings. The van der Waals surface area contributed by atoms with Crippen LogP contribution in [0.2, 0.25) is 0 Å². The van der Waals surface area contributed by atoms with E-state index in [9.17, 15) is 4.79 Å². The molecule has 102 valence electrons. The number of pyridine rings is 1. The maximum Gasteiger partial charge on any atom is 0.198 e. The molecule has 4 rings (SSSR count). The van der Waals surface area contributed by atoms with E-state index in [4.69, 9.17) is 4.98 Å². The van der Waals surface area contributed by atoms with Gasteiger partial charge in [0.15, 0.2) is 5.78 Å². The molecular formula is C18H14N2O. The summed E-state index contributed by atoms with van der Waals surface area (Å²) in [5.74, 6) is 0.0563. The predicted molar refractivity (Wildman–Crippen MR) is 84.9 cm³/mol. The molecule has 0 bridgehead atoms. The van der Waals surface area contributed by atoms with Crippen molar-refractivity contribution >= 4 is 22.4 Å². The monoisotopic (exact) mass is 274 g/mol. The molecule has 0 aliphatic heterocycles. The molecule has 1 aliphatic carbocycles. The summed E-state index contributed by atoms with van der Waals surface area (Å²) in [5.41, 5.74) is 6.09. The van der Waals surface area contributed by atoms with E-state index in [1.165, 1.54) is 0 Å². The molecule has 3 aromatic rings. The smallest absolute Gasteiger partial charge is 0.198 e. The second-order valence-electron chi connectivity index (χ2n) is 5.36. The highest BCUT2D eigenvalue weighted by molar-refractivity contribution is 6.26. The fraction of sp³-hybridized carbons (Fsp3) is 0.111. The van der Waals surface area contributed by atoms with Gasteiger partial charge in [0.25, 0.3) is 0 Å². The molecule has 21 heavy (non-hydrogen) atoms. The molecule has 2 aromatic carbocycles. The summed E-state index contributed by atoms with van der Waals surface area (Å²) in [7, 11) is 1.85. The third-order valence-electron chi connectivity index (χ3n) is 4.04. The van der Waals surface area contributed by atoms with Crippen LogP contribution in [0.25, 0.3) is 22.2 Å². The summed E-state index contributed by atoms with van der Waals surface area (Å²) in [6, 6.07) is 13.8. The molecule has 0 unspecified atom stereocenters. The molecule has 0 fully saturated rings. The van der Waals surface area contributed by atoms with Gasteiger partial charge in [-0.1, -0.05) is 35.9 Å². The molecule has 0 radical (unpaired) electrons. The first kappa shape index (κ1) is 12.1. The quantitative estimate of drug-likeness (QED) is 0.574. The average Bonchev–Trinajstić information content (AvgIpc) is 2.79. The van der Waals surface area contributed by atoms with Crippen LogP contribution in [0.3, 0.4) is 0 Å². The summed E-state index contributed by atoms with van der Waals surface area (Å²) >= 11 is 0. The minimum Gasteiger partial charge on any atom is -0.387 e. The first-order valence-corrected chi connectivity index (χ1v) is 6.97. The van der Waals surface area contributed by atoms with Gasteiger partial charge in [-0.15, -0.1) is 0 Å². The zero-order valence-corrected chi connectivity index (χ0v) is 11.9. The number of carbonyl (C=O) groups is 1. The van der Waals surface area contributed by atoms with Crippen molar-refractivity contribution in [1.82, 2.24) is 4.98 Å². The molecule has 3 nitrogen and oxygen atoms in total. The van der Waals surface area contributed by atoms with Crippen LogP contribution in [-0.4, -0.2) is 17.8 Å². The van der Waals surface area contributed by atoms with E-state index in [1.54, 1.807) is 0 Å². The highest BCUT2D eigenvalue weighted by atomic mass is 16.1. The van der Waals surface area contributed by atoms with Crippen molar-refractivity contribution in [2.24, 2.45) is 0 Å². The number of nitrogens with one attached hydrogen (secondary N) is 1. The Morgan fingerprint density at radius 3 is 2.57 bits per heavy atom. The van der Waals surface area contributed by atoms with E-state index in [1.807, 2.05) is 50.4 Å². The van der Waals surface area contributed by atoms with Gasteiger partial charge in [-0.25, -0.2) is 4.98 Å². The number of fused-ring (bicyclic) bond motifs is 4. The van der Waals surface area contributed by atoms with Gasteiger partial charge in [0.1, 0.15) is 0 Å². The van der Waals surface area contributed by atoms with Gasteiger partial charge in [-0.2, -0.15) is 0 Å². The van der Waals surface area contributed by atoms with Crippen LogP contribution in [-0.2, 0) is 0 Å². The molecule has 1 aromatic heterocycles. The van der Waals surface area contributed by atoms with Gasteiger partial charge in [-0.05, 0) is 19.1 Å². The van der Waals surface area contributed by atoms with E-state index in [2.05, 4.69) is 11.4 Å². The van der Waals surface area contributed by atoms with Crippen LogP contribution >= 0.6 is 0 Å². The van der Waals surface area contributed by atoms with Crippen LogP contribution in [0, 0.1) is 6.92 Å². The Bertz CT molecular complexity index is 912. The third kappa shape index (κ3) is 1.54. The molecule has 1 N–H and O–H groups in total. The van der Waals surface area contributed by atoms with E-state index >= 15 is 0 Å². The van der Waals surface area contributed by atoms with E-state index < -0.39 is 0 Å². The number of hydrogen-bond donors (Lipinski definition) is 1. The third-order valence-corrected chi connectivity index (χ3v) is 4.04. The lowest BCUT2D eigenvalue weighted by Crippen LogP contribution is -2.03. The Balaban J connectivity index is 2.17. The highest BCUT2D eigenvalue weighted by Gasteiger charge is 2.31. The van der Waals surface area contributed by atoms with Crippen LogP contribution in [0.5, 0.6) is 0 Å². The van der Waals surface area contributed by atoms with E-state index in [0.29, 0.717) is 5.56 Å². The van der Waals surface area contributed by atoms with Crippen LogP contribution in [0.15, 0.2) is 42.5 Å². The lowest BCUT2D eigenvalue weighted by molar-refractivity contribution is 0.104. The van der Waals surface area contributed by atoms with Gasteiger partial charge in [0.05, 0.1) is 22.5 Å². The topological polar surface area (TPSA) is 42.0 Å². The standard InChI is InChI=1S/C18H14N2O/c1-10-7-8-14-13(9-10)16(19-2)15-17(20-14)11-5-3-4-6-12(11)18(15)21/h3-9H,1-2H3,(H,19,20). The Hall–Kier alpha value is -2.68. The van der Waals surface area contributed by atoms with Crippen LogP contribution in [0.1, 0.15) is 21.5 Å². The van der Waals surface area contributed by atoms with Crippen molar-refractivity contribution in [2.75, 3.05) is 12.4 Å². The second-order valence-corrected chi connectivity index (χ2v) is 5.36. The van der Waals surface area contributed by atoms with E-state index in [0.717, 1.165) is 39.0 Å². The van der Waals surface area contributed by atoms with Crippen molar-refractivity contribution in [3.05, 3.63) is 59.2 Å². The zero-order chi connectivity index (χ0) is 14.6. The number of rotatable bonds is 1. The summed E-state index contributed by atoms with van der Waals surface area (Å²) in [6.07, 6.45) is 0. The maximum atomic E-state index is 12.7. The first-order valence-electron chi connectivity index (χ1n) is 6.97. The molecule has 0 spiro atoms. The molecular weight excluding hydrogens is 260 g/mol. The molecule has 0 atom stereocenters. The number of nitrogens with zero attached hydrogens (tertiary/aromatic N) is 1. The predicted octanol–water partition coefficient (Wildman–Crippen LogP) is 3.80. The minimum atomic E-state index is 0.0563. The summed E-state index contributed by atoms with van der Waals surface area (Å²) in [6.45, 7) is 2.04. The first-order chi connectivity index (χ1) is 10.2. The van der Waals surface area contributed by atoms with Crippen molar-refractivity contribution < 1.29 is 4.79 Å². The van der Waals surface area contributed by atoms with Crippen molar-refractivity contribution in [2.45, 2.75) is 6.92 Å². The maximum absolute atomic E-state index is 12.7. The van der Waals surface area contributed by atoms with Gasteiger partial charge in [0.2, 0.25) is 0 Å². The fourth-order valence-electron chi connectivity index (χ4n) is 3.07. The Kier molecular flexibility index (Phi) is 2.39. The molecule has 0 saturated carbocycles. The second kappa shape index (κ2) is 4.16. The normalized spacial score (nSPS) is 12.4. The Morgan fingerprint density at radius 1 is 1.05 bits per heavy atom. The van der Waals surface area contributed by atoms with Crippen molar-refractivity contribution in [3.8, 4) is 11.3 Å². The van der Waals surface area contributed by atoms with Crippen molar-refractivity contribution in [1.29, 1.82) is 0 Å². The number of ketones is 1. The lowest BCUT2D eigenvalue weighted by atomic mass is 10.0. The molecule has 0 saturated heterocycles. The number of anilines is 1. The highest BCUT2D eigenvalue weighted by Crippen LogP contribution is 2.41. The van der Waals surface area contributed by atoms with Gasteiger partial charge in [-0.3, -0.25) is 4.79 Å². The molecule has 0 amide bonds. The lowest BCUT2D eigenvalue weighted by Gasteiger charge is -2.11. The average molecular weight is 274 g/mol. The minimum absolute atomic E-state index is 0.0563. The number of carbonyl (C=O) groups excluding carboxylic acids is 1. The number of hydrogen-bond acceptors (Lipinski definition) is 3. The largest absolute Gasteiger partial charge is 0.387 e. The number of benzene rings is 2. The van der Waals surface area contributed by atoms with Gasteiger partial charge in [0, 0.05) is 23.6 Å². The summed E-state index contributed by atoms with van der Waals surface area (Å²) < 4.78 is 0. The number of aromatic nitrogens is 1. The summed E-state index contributed by atoms with van der Waals surface area (Å²) in [5, 5.41) is 4.20. The van der Waals surface area contributed by atoms with Crippen LogP contribution < -0.4 is 5.32 Å². The SMILES string of the molecule is CNc1c2c(nc3ccc(C)cc13)-c1ccccc1C2=O. The molecule has 1 heterocycles.